The van der Waals surface area contributed by atoms with E-state index < -0.39 is 0 Å². The first kappa shape index (κ1) is 17.7. The topological polar surface area (TPSA) is 97.7 Å². The molecule has 0 saturated heterocycles. The molecule has 8 nitrogen and oxygen atoms in total. The van der Waals surface area contributed by atoms with Gasteiger partial charge in [0, 0.05) is 19.2 Å². The minimum absolute atomic E-state index is 0.305. The lowest BCUT2D eigenvalue weighted by molar-refractivity contribution is 0.0932. The Kier molecular flexibility index (Phi) is 5.37. The van der Waals surface area contributed by atoms with Gasteiger partial charge < -0.3 is 14.6 Å². The normalized spacial score (nSPS) is 12.1. The maximum Gasteiger partial charge on any atom is 0.269 e. The van der Waals surface area contributed by atoms with Crippen molar-refractivity contribution in [2.45, 2.75) is 19.5 Å². The van der Waals surface area contributed by atoms with E-state index in [2.05, 4.69) is 25.7 Å². The highest BCUT2D eigenvalue weighted by molar-refractivity contribution is 5.93. The molecule has 2 aromatic heterocycles. The second kappa shape index (κ2) is 7.87. The largest absolute Gasteiger partial charge is 0.383 e. The average molecular weight is 358 g/mol. The molecule has 0 aliphatic heterocycles. The lowest BCUT2D eigenvalue weighted by Gasteiger charge is -2.14. The third-order valence-corrected chi connectivity index (χ3v) is 3.88. The fourth-order valence-electron chi connectivity index (χ4n) is 2.51. The summed E-state index contributed by atoms with van der Waals surface area (Å²) in [5.41, 5.74) is 1.58. The number of ether oxygens (including phenoxy) is 1. The molecule has 2 N–H and O–H groups in total. The Morgan fingerprint density at radius 1 is 1.38 bits per heavy atom. The summed E-state index contributed by atoms with van der Waals surface area (Å²) in [5, 5.41) is 17.6. The molecule has 1 amide bonds. The smallest absolute Gasteiger partial charge is 0.269 e. The van der Waals surface area contributed by atoms with Crippen molar-refractivity contribution in [3.63, 3.8) is 0 Å². The maximum absolute atomic E-state index is 13.0. The molecular weight excluding hydrogens is 339 g/mol. The van der Waals surface area contributed by atoms with E-state index >= 15 is 0 Å². The van der Waals surface area contributed by atoms with Crippen LogP contribution >= 0.6 is 0 Å². The van der Waals surface area contributed by atoms with Crippen LogP contribution < -0.4 is 5.32 Å². The number of halogens is 1. The second-order valence-corrected chi connectivity index (χ2v) is 5.74. The van der Waals surface area contributed by atoms with Crippen LogP contribution in [0.1, 0.15) is 29.3 Å². The zero-order valence-electron chi connectivity index (χ0n) is 14.4. The summed E-state index contributed by atoms with van der Waals surface area (Å²) in [7, 11) is 1.62. The van der Waals surface area contributed by atoms with Crippen molar-refractivity contribution in [2.24, 2.45) is 0 Å². The molecule has 9 heteroatoms. The number of carbonyl (C=O) groups excluding carboxylic acids is 1. The predicted molar refractivity (Wildman–Crippen MR) is 91.8 cm³/mol. The molecule has 1 atom stereocenters. The van der Waals surface area contributed by atoms with E-state index in [4.69, 9.17) is 4.74 Å². The van der Waals surface area contributed by atoms with Crippen molar-refractivity contribution in [3.8, 4) is 11.3 Å². The quantitative estimate of drug-likeness (QED) is 0.673. The van der Waals surface area contributed by atoms with Gasteiger partial charge in [0.2, 0.25) is 0 Å². The molecule has 0 aliphatic rings. The van der Waals surface area contributed by atoms with Crippen LogP contribution in [0.3, 0.4) is 0 Å². The van der Waals surface area contributed by atoms with Crippen molar-refractivity contribution in [1.82, 2.24) is 30.3 Å². The molecule has 3 rings (SSSR count). The van der Waals surface area contributed by atoms with Gasteiger partial charge in [0.1, 0.15) is 17.8 Å². The number of carbonyl (C=O) groups is 1. The molecule has 0 unspecified atom stereocenters. The Morgan fingerprint density at radius 2 is 2.15 bits per heavy atom. The summed E-state index contributed by atoms with van der Waals surface area (Å²) in [6, 6.07) is 7.17. The van der Waals surface area contributed by atoms with Gasteiger partial charge in [-0.15, -0.1) is 10.2 Å². The first-order valence-electron chi connectivity index (χ1n) is 8.07. The summed E-state index contributed by atoms with van der Waals surface area (Å²) in [6.07, 6.45) is 1.60. The van der Waals surface area contributed by atoms with Gasteiger partial charge in [0.05, 0.1) is 18.3 Å². The van der Waals surface area contributed by atoms with Gasteiger partial charge >= 0.3 is 0 Å². The number of aromatic amines is 1. The number of hydrogen-bond donors (Lipinski definition) is 2. The van der Waals surface area contributed by atoms with Crippen LogP contribution in [0.5, 0.6) is 0 Å². The zero-order chi connectivity index (χ0) is 18.5. The lowest BCUT2D eigenvalue weighted by atomic mass is 10.1. The average Bonchev–Trinajstić information content (AvgIpc) is 3.30. The molecule has 3 aromatic rings. The summed E-state index contributed by atoms with van der Waals surface area (Å²) < 4.78 is 19.9. The van der Waals surface area contributed by atoms with Crippen LogP contribution in [-0.4, -0.2) is 44.6 Å². The Morgan fingerprint density at radius 3 is 2.88 bits per heavy atom. The molecule has 1 aromatic carbocycles. The van der Waals surface area contributed by atoms with Crippen molar-refractivity contribution >= 4 is 5.91 Å². The van der Waals surface area contributed by atoms with Crippen molar-refractivity contribution in [1.29, 1.82) is 0 Å². The Bertz CT molecular complexity index is 874. The Labute approximate surface area is 149 Å². The minimum atomic E-state index is -0.348. The lowest BCUT2D eigenvalue weighted by Crippen LogP contribution is -2.29. The SMILES string of the molecule is COCCn1cnnc1[C@@H](C)NC(=O)c1cc(-c2ccc(F)cc2)n[nH]1. The van der Waals surface area contributed by atoms with Gasteiger partial charge in [-0.1, -0.05) is 0 Å². The maximum atomic E-state index is 13.0. The number of aromatic nitrogens is 5. The highest BCUT2D eigenvalue weighted by atomic mass is 19.1. The molecule has 0 bridgehead atoms. The number of nitrogens with one attached hydrogen (secondary N) is 2. The molecule has 136 valence electrons. The Balaban J connectivity index is 1.68. The minimum Gasteiger partial charge on any atom is -0.383 e. The number of nitrogens with zero attached hydrogens (tertiary/aromatic N) is 4. The van der Waals surface area contributed by atoms with E-state index in [1.807, 2.05) is 11.5 Å². The number of methoxy groups -OCH3 is 1. The zero-order valence-corrected chi connectivity index (χ0v) is 14.4. The first-order chi connectivity index (χ1) is 12.6. The molecule has 0 spiro atoms. The van der Waals surface area contributed by atoms with Crippen LogP contribution in [-0.2, 0) is 11.3 Å². The van der Waals surface area contributed by atoms with Crippen LogP contribution in [0, 0.1) is 5.82 Å². The summed E-state index contributed by atoms with van der Waals surface area (Å²) in [4.78, 5) is 12.4. The van der Waals surface area contributed by atoms with E-state index in [1.165, 1.54) is 12.1 Å². The third kappa shape index (κ3) is 3.94. The fraction of sp³-hybridized carbons (Fsp3) is 0.294. The Hall–Kier alpha value is -3.07. The number of H-pyrrole nitrogens is 1. The van der Waals surface area contributed by atoms with Crippen molar-refractivity contribution in [3.05, 3.63) is 54.0 Å². The highest BCUT2D eigenvalue weighted by Gasteiger charge is 2.18. The summed E-state index contributed by atoms with van der Waals surface area (Å²) in [5.74, 6) is -0.0120. The van der Waals surface area contributed by atoms with Crippen molar-refractivity contribution < 1.29 is 13.9 Å². The molecule has 0 saturated carbocycles. The van der Waals surface area contributed by atoms with Crippen molar-refractivity contribution in [2.75, 3.05) is 13.7 Å². The van der Waals surface area contributed by atoms with Crippen LogP contribution in [0.2, 0.25) is 0 Å². The van der Waals surface area contributed by atoms with E-state index in [9.17, 15) is 9.18 Å². The molecule has 0 radical (unpaired) electrons. The van der Waals surface area contributed by atoms with E-state index in [0.29, 0.717) is 35.9 Å². The van der Waals surface area contributed by atoms with Crippen LogP contribution in [0.4, 0.5) is 4.39 Å². The summed E-state index contributed by atoms with van der Waals surface area (Å²) >= 11 is 0. The molecular formula is C17H19FN6O2. The standard InChI is InChI=1S/C17H19FN6O2/c1-11(16-23-19-10-24(16)7-8-26-2)20-17(25)15-9-14(21-22-15)12-3-5-13(18)6-4-12/h3-6,9-11H,7-8H2,1-2H3,(H,20,25)(H,21,22)/t11-/m1/s1. The van der Waals surface area contributed by atoms with Gasteiger partial charge in [-0.25, -0.2) is 4.39 Å². The van der Waals surface area contributed by atoms with Crippen LogP contribution in [0.25, 0.3) is 11.3 Å². The van der Waals surface area contributed by atoms with Crippen LogP contribution in [0.15, 0.2) is 36.7 Å². The second-order valence-electron chi connectivity index (χ2n) is 5.74. The first-order valence-corrected chi connectivity index (χ1v) is 8.07. The molecule has 26 heavy (non-hydrogen) atoms. The number of hydrogen-bond acceptors (Lipinski definition) is 5. The van der Waals surface area contributed by atoms with Gasteiger partial charge in [0.15, 0.2) is 5.82 Å². The molecule has 2 heterocycles. The van der Waals surface area contributed by atoms with Gasteiger partial charge in [-0.3, -0.25) is 9.89 Å². The van der Waals surface area contributed by atoms with Gasteiger partial charge in [0.25, 0.3) is 5.91 Å². The summed E-state index contributed by atoms with van der Waals surface area (Å²) in [6.45, 7) is 2.94. The number of rotatable bonds is 7. The van der Waals surface area contributed by atoms with Gasteiger partial charge in [-0.2, -0.15) is 5.10 Å². The predicted octanol–water partition coefficient (Wildman–Crippen LogP) is 1.94. The monoisotopic (exact) mass is 358 g/mol. The number of amides is 1. The van der Waals surface area contributed by atoms with Gasteiger partial charge in [-0.05, 0) is 37.3 Å². The molecule has 0 aliphatic carbocycles. The van der Waals surface area contributed by atoms with E-state index in [0.717, 1.165) is 0 Å². The van der Waals surface area contributed by atoms with E-state index in [1.54, 1.807) is 31.6 Å². The van der Waals surface area contributed by atoms with E-state index in [-0.39, 0.29) is 17.8 Å². The molecule has 0 fully saturated rings. The highest BCUT2D eigenvalue weighted by Crippen LogP contribution is 2.18. The third-order valence-electron chi connectivity index (χ3n) is 3.88. The number of benzene rings is 1. The fourth-order valence-corrected chi connectivity index (χ4v) is 2.51.